The average Bonchev–Trinajstić information content (AvgIpc) is 3.07. The van der Waals surface area contributed by atoms with Crippen LogP contribution in [-0.4, -0.2) is 18.3 Å². The van der Waals surface area contributed by atoms with Gasteiger partial charge in [0.1, 0.15) is 0 Å². The molecule has 1 spiro atoms. The zero-order valence-corrected chi connectivity index (χ0v) is 10.4. The Hall–Kier alpha value is -0.740. The van der Waals surface area contributed by atoms with Gasteiger partial charge in [-0.3, -0.25) is 0 Å². The molecule has 1 saturated carbocycles. The highest BCUT2D eigenvalue weighted by molar-refractivity contribution is 9.10. The second-order valence-electron chi connectivity index (χ2n) is 4.63. The van der Waals surface area contributed by atoms with E-state index in [0.717, 1.165) is 34.7 Å². The van der Waals surface area contributed by atoms with Gasteiger partial charge < -0.3 is 14.6 Å². The smallest absolute Gasteiger partial charge is 0.162 e. The van der Waals surface area contributed by atoms with E-state index >= 15 is 0 Å². The minimum absolute atomic E-state index is 0.00235. The van der Waals surface area contributed by atoms with Crippen molar-refractivity contribution < 1.29 is 14.6 Å². The van der Waals surface area contributed by atoms with Gasteiger partial charge in [-0.15, -0.1) is 0 Å². The summed E-state index contributed by atoms with van der Waals surface area (Å²) in [5.41, 5.74) is 1.08. The molecule has 1 aromatic carbocycles. The Balaban J connectivity index is 1.94. The van der Waals surface area contributed by atoms with Crippen LogP contribution in [0.25, 0.3) is 0 Å². The summed E-state index contributed by atoms with van der Waals surface area (Å²) >= 11 is 3.41. The van der Waals surface area contributed by atoms with Crippen LogP contribution in [0, 0.1) is 5.41 Å². The Bertz CT molecular complexity index is 427. The van der Waals surface area contributed by atoms with Gasteiger partial charge in [-0.25, -0.2) is 0 Å². The molecule has 2 aliphatic rings. The van der Waals surface area contributed by atoms with Crippen molar-refractivity contribution in [1.82, 2.24) is 0 Å². The molecule has 1 heterocycles. The molecule has 1 fully saturated rings. The minimum Gasteiger partial charge on any atom is -0.489 e. The van der Waals surface area contributed by atoms with Gasteiger partial charge in [0.05, 0.1) is 19.8 Å². The van der Waals surface area contributed by atoms with E-state index in [1.165, 1.54) is 12.8 Å². The second kappa shape index (κ2) is 3.64. The number of fused-ring (bicyclic) bond motifs is 1. The van der Waals surface area contributed by atoms with Crippen LogP contribution in [0.4, 0.5) is 0 Å². The lowest BCUT2D eigenvalue weighted by atomic mass is 10.1. The van der Waals surface area contributed by atoms with Gasteiger partial charge in [-0.05, 0) is 30.5 Å². The van der Waals surface area contributed by atoms with E-state index < -0.39 is 0 Å². The molecule has 3 rings (SSSR count). The summed E-state index contributed by atoms with van der Waals surface area (Å²) in [6.07, 6.45) is 2.38. The third-order valence-corrected chi connectivity index (χ3v) is 4.05. The standard InChI is InChI=1S/C12H13BrO3/c13-9-4-11-10(3-8(9)5-14)15-6-12(1-2-12)7-16-11/h3-4,14H,1-2,5-7H2. The Labute approximate surface area is 102 Å². The molecular weight excluding hydrogens is 272 g/mol. The van der Waals surface area contributed by atoms with Crippen LogP contribution in [0.15, 0.2) is 16.6 Å². The van der Waals surface area contributed by atoms with Gasteiger partial charge >= 0.3 is 0 Å². The Morgan fingerprint density at radius 3 is 2.38 bits per heavy atom. The SMILES string of the molecule is OCc1cc2c(cc1Br)OCC1(CC1)CO2. The summed E-state index contributed by atoms with van der Waals surface area (Å²) < 4.78 is 12.4. The van der Waals surface area contributed by atoms with Gasteiger partial charge in [-0.1, -0.05) is 15.9 Å². The topological polar surface area (TPSA) is 38.7 Å². The second-order valence-corrected chi connectivity index (χ2v) is 5.48. The molecule has 0 bridgehead atoms. The van der Waals surface area contributed by atoms with Gasteiger partial charge in [-0.2, -0.15) is 0 Å². The molecule has 0 radical (unpaired) electrons. The number of rotatable bonds is 1. The lowest BCUT2D eigenvalue weighted by molar-refractivity contribution is 0.197. The lowest BCUT2D eigenvalue weighted by Crippen LogP contribution is -2.17. The van der Waals surface area contributed by atoms with Gasteiger partial charge in [0, 0.05) is 9.89 Å². The first kappa shape index (κ1) is 10.4. The normalized spacial score (nSPS) is 20.6. The Morgan fingerprint density at radius 2 is 1.81 bits per heavy atom. The fourth-order valence-corrected chi connectivity index (χ4v) is 2.34. The van der Waals surface area contributed by atoms with Gasteiger partial charge in [0.25, 0.3) is 0 Å². The van der Waals surface area contributed by atoms with E-state index in [-0.39, 0.29) is 12.0 Å². The molecule has 0 aromatic heterocycles. The number of benzene rings is 1. The Kier molecular flexibility index (Phi) is 2.37. The van der Waals surface area contributed by atoms with Crippen LogP contribution in [0.3, 0.4) is 0 Å². The molecule has 86 valence electrons. The van der Waals surface area contributed by atoms with Crippen molar-refractivity contribution in [2.75, 3.05) is 13.2 Å². The summed E-state index contributed by atoms with van der Waals surface area (Å²) in [4.78, 5) is 0. The summed E-state index contributed by atoms with van der Waals surface area (Å²) in [6.45, 7) is 1.47. The quantitative estimate of drug-likeness (QED) is 0.861. The van der Waals surface area contributed by atoms with Crippen molar-refractivity contribution in [3.05, 3.63) is 22.2 Å². The molecule has 3 nitrogen and oxygen atoms in total. The third-order valence-electron chi connectivity index (χ3n) is 3.31. The van der Waals surface area contributed by atoms with E-state index in [1.807, 2.05) is 12.1 Å². The third kappa shape index (κ3) is 1.70. The van der Waals surface area contributed by atoms with Crippen LogP contribution in [-0.2, 0) is 6.61 Å². The molecular formula is C12H13BrO3. The maximum absolute atomic E-state index is 9.18. The van der Waals surface area contributed by atoms with E-state index in [1.54, 1.807) is 0 Å². The molecule has 0 amide bonds. The van der Waals surface area contributed by atoms with Crippen molar-refractivity contribution in [3.8, 4) is 11.5 Å². The average molecular weight is 285 g/mol. The summed E-state index contributed by atoms with van der Waals surface area (Å²) in [5.74, 6) is 1.52. The molecule has 1 aliphatic carbocycles. The maximum atomic E-state index is 9.18. The fourth-order valence-electron chi connectivity index (χ4n) is 1.89. The lowest BCUT2D eigenvalue weighted by Gasteiger charge is -2.09. The predicted octanol–water partition coefficient (Wildman–Crippen LogP) is 2.49. The van der Waals surface area contributed by atoms with Crippen LogP contribution in [0.5, 0.6) is 11.5 Å². The molecule has 0 unspecified atom stereocenters. The monoisotopic (exact) mass is 284 g/mol. The molecule has 1 N–H and O–H groups in total. The summed E-state index contributed by atoms with van der Waals surface area (Å²) in [6, 6.07) is 3.73. The first-order valence-corrected chi connectivity index (χ1v) is 6.21. The molecule has 4 heteroatoms. The highest BCUT2D eigenvalue weighted by atomic mass is 79.9. The minimum atomic E-state index is 0.00235. The zero-order valence-electron chi connectivity index (χ0n) is 8.83. The number of hydrogen-bond acceptors (Lipinski definition) is 3. The van der Waals surface area contributed by atoms with Crippen molar-refractivity contribution in [1.29, 1.82) is 0 Å². The number of aliphatic hydroxyl groups is 1. The zero-order chi connectivity index (χ0) is 11.2. The van der Waals surface area contributed by atoms with E-state index in [9.17, 15) is 5.11 Å². The predicted molar refractivity (Wildman–Crippen MR) is 62.7 cm³/mol. The summed E-state index contributed by atoms with van der Waals surface area (Å²) in [7, 11) is 0. The largest absolute Gasteiger partial charge is 0.489 e. The molecule has 0 atom stereocenters. The maximum Gasteiger partial charge on any atom is 0.162 e. The molecule has 1 aromatic rings. The summed E-state index contributed by atoms with van der Waals surface area (Å²) in [5, 5.41) is 9.18. The Morgan fingerprint density at radius 1 is 1.19 bits per heavy atom. The number of hydrogen-bond donors (Lipinski definition) is 1. The highest BCUT2D eigenvalue weighted by Gasteiger charge is 2.46. The van der Waals surface area contributed by atoms with Crippen LogP contribution >= 0.6 is 15.9 Å². The van der Waals surface area contributed by atoms with Crippen LogP contribution in [0.2, 0.25) is 0 Å². The first-order chi connectivity index (χ1) is 7.72. The van der Waals surface area contributed by atoms with Gasteiger partial charge in [0.15, 0.2) is 11.5 Å². The van der Waals surface area contributed by atoms with Crippen molar-refractivity contribution >= 4 is 15.9 Å². The molecule has 16 heavy (non-hydrogen) atoms. The number of aliphatic hydroxyl groups excluding tert-OH is 1. The van der Waals surface area contributed by atoms with Crippen molar-refractivity contribution in [2.24, 2.45) is 5.41 Å². The van der Waals surface area contributed by atoms with Gasteiger partial charge in [0.2, 0.25) is 0 Å². The fraction of sp³-hybridized carbons (Fsp3) is 0.500. The first-order valence-electron chi connectivity index (χ1n) is 5.41. The number of halogens is 1. The molecule has 1 aliphatic heterocycles. The highest BCUT2D eigenvalue weighted by Crippen LogP contribution is 2.49. The molecule has 0 saturated heterocycles. The van der Waals surface area contributed by atoms with Crippen LogP contribution < -0.4 is 9.47 Å². The number of ether oxygens (including phenoxy) is 2. The van der Waals surface area contributed by atoms with Crippen molar-refractivity contribution in [2.45, 2.75) is 19.4 Å². The van der Waals surface area contributed by atoms with E-state index in [2.05, 4.69) is 15.9 Å². The van der Waals surface area contributed by atoms with Crippen molar-refractivity contribution in [3.63, 3.8) is 0 Å². The van der Waals surface area contributed by atoms with Crippen LogP contribution in [0.1, 0.15) is 18.4 Å². The van der Waals surface area contributed by atoms with E-state index in [4.69, 9.17) is 9.47 Å². The van der Waals surface area contributed by atoms with E-state index in [0.29, 0.717) is 0 Å².